The average Bonchev–Trinajstić information content (AvgIpc) is 3.32. The van der Waals surface area contributed by atoms with E-state index >= 15 is 0 Å². The zero-order valence-corrected chi connectivity index (χ0v) is 23.9. The molecule has 35 heavy (non-hydrogen) atoms. The minimum Gasteiger partial charge on any atom is -0.358 e. The van der Waals surface area contributed by atoms with Gasteiger partial charge in [0.1, 0.15) is 0 Å². The fourth-order valence-corrected chi connectivity index (χ4v) is 5.77. The number of aryl methyl sites for hydroxylation is 4. The van der Waals surface area contributed by atoms with Gasteiger partial charge in [-0.1, -0.05) is 111 Å². The number of hydrogen-bond donors (Lipinski definition) is 0. The fraction of sp³-hybridized carbons (Fsp3) is 0.176. The van der Waals surface area contributed by atoms with Gasteiger partial charge in [0.25, 0.3) is 0 Å². The van der Waals surface area contributed by atoms with Crippen molar-refractivity contribution in [3.05, 3.63) is 122 Å². The van der Waals surface area contributed by atoms with Crippen LogP contribution in [0.5, 0.6) is 0 Å². The van der Waals surface area contributed by atoms with Gasteiger partial charge in [0.05, 0.1) is 0 Å². The van der Waals surface area contributed by atoms with Crippen LogP contribution in [0.3, 0.4) is 0 Å². The standard InChI is InChI=1S/C32H28.2CH3.Zr/c1-21-19-25-17-15-23-9-3-5-13-29(23)31(25)27(21)11-7-8-12-28-22(2)20-26-18-16-24-10-4-6-14-30(24)32(26)28;;;/h3-6,9-10,13-20H,7-8,11-12H2,1-2H3;2*1H3;/q-2;2*-1;+4. The molecule has 0 atom stereocenters. The molecular formula is C34H34Zr. The predicted molar refractivity (Wildman–Crippen MR) is 153 cm³/mol. The molecule has 1 heteroatoms. The second-order valence-electron chi connectivity index (χ2n) is 9.32. The van der Waals surface area contributed by atoms with Crippen LogP contribution >= 0.6 is 0 Å². The Morgan fingerprint density at radius 1 is 0.543 bits per heavy atom. The third-order valence-corrected chi connectivity index (χ3v) is 7.33. The van der Waals surface area contributed by atoms with Gasteiger partial charge >= 0.3 is 26.2 Å². The number of hydrogen-bond acceptors (Lipinski definition) is 0. The Balaban J connectivity index is 0.00000114. The van der Waals surface area contributed by atoms with Gasteiger partial charge in [0, 0.05) is 0 Å². The first-order chi connectivity index (χ1) is 15.7. The van der Waals surface area contributed by atoms with E-state index in [1.165, 1.54) is 67.1 Å². The summed E-state index contributed by atoms with van der Waals surface area (Å²) in [7, 11) is 0. The van der Waals surface area contributed by atoms with E-state index in [4.69, 9.17) is 0 Å². The largest absolute Gasteiger partial charge is 4.00 e. The van der Waals surface area contributed by atoms with Crippen molar-refractivity contribution < 1.29 is 26.2 Å². The molecule has 0 unspecified atom stereocenters. The van der Waals surface area contributed by atoms with Crippen LogP contribution in [0.2, 0.25) is 0 Å². The van der Waals surface area contributed by atoms with E-state index in [2.05, 4.69) is 98.8 Å². The Hall–Kier alpha value is -2.50. The first-order valence-electron chi connectivity index (χ1n) is 11.8. The van der Waals surface area contributed by atoms with Crippen molar-refractivity contribution in [3.8, 4) is 0 Å². The Labute approximate surface area is 229 Å². The van der Waals surface area contributed by atoms with Crippen molar-refractivity contribution in [1.82, 2.24) is 0 Å². The maximum absolute atomic E-state index is 2.37. The second-order valence-corrected chi connectivity index (χ2v) is 9.32. The van der Waals surface area contributed by atoms with Gasteiger partial charge in [-0.25, -0.2) is 0 Å². The van der Waals surface area contributed by atoms with Crippen LogP contribution in [0.15, 0.2) is 84.9 Å². The first-order valence-corrected chi connectivity index (χ1v) is 11.8. The summed E-state index contributed by atoms with van der Waals surface area (Å²) in [5.41, 5.74) is 5.98. The van der Waals surface area contributed by atoms with Gasteiger partial charge in [-0.15, -0.1) is 68.1 Å². The average molecular weight is 534 g/mol. The first kappa shape index (κ1) is 27.1. The predicted octanol–water partition coefficient (Wildman–Crippen LogP) is 9.82. The molecule has 6 aromatic rings. The van der Waals surface area contributed by atoms with Gasteiger partial charge in [-0.05, 0) is 10.8 Å². The van der Waals surface area contributed by atoms with E-state index in [1.807, 2.05) is 0 Å². The summed E-state index contributed by atoms with van der Waals surface area (Å²) in [5.74, 6) is 0. The summed E-state index contributed by atoms with van der Waals surface area (Å²) in [6, 6.07) is 31.5. The van der Waals surface area contributed by atoms with E-state index in [-0.39, 0.29) is 41.1 Å². The minimum atomic E-state index is 0. The molecule has 0 saturated heterocycles. The molecule has 0 radical (unpaired) electrons. The fourth-order valence-electron chi connectivity index (χ4n) is 5.77. The maximum Gasteiger partial charge on any atom is 4.00 e. The van der Waals surface area contributed by atoms with Gasteiger partial charge in [-0.2, -0.15) is 0 Å². The zero-order valence-electron chi connectivity index (χ0n) is 21.4. The molecule has 174 valence electrons. The normalized spacial score (nSPS) is 10.9. The molecule has 0 spiro atoms. The zero-order chi connectivity index (χ0) is 21.7. The van der Waals surface area contributed by atoms with E-state index in [0.29, 0.717) is 0 Å². The maximum atomic E-state index is 2.37. The molecular weight excluding hydrogens is 500 g/mol. The molecule has 0 aliphatic rings. The molecule has 6 rings (SSSR count). The van der Waals surface area contributed by atoms with Crippen LogP contribution in [0.1, 0.15) is 35.1 Å². The SMILES string of the molecule is Cc1[cH-]c2ccc3ccccc3c2c1CCCCc1c(C)[cH-]c2ccc3ccccc3c12.[CH3-].[CH3-].[Zr+4]. The molecule has 0 heterocycles. The van der Waals surface area contributed by atoms with Gasteiger partial charge in [0.2, 0.25) is 0 Å². The van der Waals surface area contributed by atoms with Crippen LogP contribution < -0.4 is 0 Å². The summed E-state index contributed by atoms with van der Waals surface area (Å²) >= 11 is 0. The van der Waals surface area contributed by atoms with Crippen LogP contribution in [-0.2, 0) is 39.0 Å². The molecule has 0 bridgehead atoms. The molecule has 0 aliphatic carbocycles. The van der Waals surface area contributed by atoms with E-state index < -0.39 is 0 Å². The van der Waals surface area contributed by atoms with E-state index in [9.17, 15) is 0 Å². The quantitative estimate of drug-likeness (QED) is 0.153. The topological polar surface area (TPSA) is 0 Å². The van der Waals surface area contributed by atoms with Crippen molar-refractivity contribution in [2.24, 2.45) is 0 Å². The van der Waals surface area contributed by atoms with Crippen molar-refractivity contribution in [1.29, 1.82) is 0 Å². The van der Waals surface area contributed by atoms with E-state index in [0.717, 1.165) is 12.8 Å². The number of unbranched alkanes of at least 4 members (excludes halogenated alkanes) is 1. The van der Waals surface area contributed by atoms with Crippen molar-refractivity contribution in [3.63, 3.8) is 0 Å². The Morgan fingerprint density at radius 2 is 0.943 bits per heavy atom. The van der Waals surface area contributed by atoms with Crippen molar-refractivity contribution in [2.45, 2.75) is 39.5 Å². The van der Waals surface area contributed by atoms with Crippen LogP contribution in [0.25, 0.3) is 43.1 Å². The summed E-state index contributed by atoms with van der Waals surface area (Å²) < 4.78 is 0. The van der Waals surface area contributed by atoms with Crippen LogP contribution in [0, 0.1) is 28.7 Å². The van der Waals surface area contributed by atoms with Gasteiger partial charge < -0.3 is 14.9 Å². The van der Waals surface area contributed by atoms with Crippen LogP contribution in [0.4, 0.5) is 0 Å². The third-order valence-electron chi connectivity index (χ3n) is 7.33. The molecule has 0 aromatic heterocycles. The Morgan fingerprint density at radius 3 is 1.37 bits per heavy atom. The monoisotopic (exact) mass is 532 g/mol. The Bertz CT molecular complexity index is 1470. The van der Waals surface area contributed by atoms with Crippen LogP contribution in [-0.4, -0.2) is 0 Å². The molecule has 0 N–H and O–H groups in total. The van der Waals surface area contributed by atoms with Gasteiger partial charge in [0.15, 0.2) is 0 Å². The third kappa shape index (κ3) is 4.69. The molecule has 0 amide bonds. The number of benzene rings is 4. The summed E-state index contributed by atoms with van der Waals surface area (Å²) in [6.07, 6.45) is 4.75. The summed E-state index contributed by atoms with van der Waals surface area (Å²) in [4.78, 5) is 0. The van der Waals surface area contributed by atoms with E-state index in [1.54, 1.807) is 11.1 Å². The minimum absolute atomic E-state index is 0. The molecule has 0 aliphatic heterocycles. The Kier molecular flexibility index (Phi) is 8.56. The van der Waals surface area contributed by atoms with Gasteiger partial charge in [-0.3, -0.25) is 0 Å². The molecule has 0 fully saturated rings. The smallest absolute Gasteiger partial charge is 0.358 e. The molecule has 0 nitrogen and oxygen atoms in total. The number of fused-ring (bicyclic) bond motifs is 6. The molecule has 0 saturated carbocycles. The summed E-state index contributed by atoms with van der Waals surface area (Å²) in [5, 5.41) is 11.2. The van der Waals surface area contributed by atoms with Crippen molar-refractivity contribution in [2.75, 3.05) is 0 Å². The number of rotatable bonds is 5. The van der Waals surface area contributed by atoms with Crippen molar-refractivity contribution >= 4 is 43.1 Å². The molecule has 6 aromatic carbocycles. The summed E-state index contributed by atoms with van der Waals surface area (Å²) in [6.45, 7) is 4.57. The second kappa shape index (κ2) is 11.1.